The van der Waals surface area contributed by atoms with Gasteiger partial charge in [0.05, 0.1) is 13.0 Å². The van der Waals surface area contributed by atoms with Gasteiger partial charge in [-0.25, -0.2) is 0 Å². The van der Waals surface area contributed by atoms with E-state index in [0.717, 1.165) is 0 Å². The molecule has 102 valence electrons. The van der Waals surface area contributed by atoms with Crippen LogP contribution in [0.1, 0.15) is 23.3 Å². The number of ether oxygens (including phenoxy) is 1. The van der Waals surface area contributed by atoms with Crippen molar-refractivity contribution >= 4 is 11.9 Å². The van der Waals surface area contributed by atoms with E-state index in [-0.39, 0.29) is 29.0 Å². The highest BCUT2D eigenvalue weighted by Gasteiger charge is 2.28. The number of pyridine rings is 1. The minimum atomic E-state index is -0.296. The fourth-order valence-electron chi connectivity index (χ4n) is 2.23. The van der Waals surface area contributed by atoms with E-state index in [9.17, 15) is 14.4 Å². The number of carbonyl (C=O) groups is 2. The summed E-state index contributed by atoms with van der Waals surface area (Å²) in [7, 11) is 1.37. The molecule has 0 saturated carbocycles. The molecule has 1 aliphatic heterocycles. The molecular formula is C13H16N2O4. The quantitative estimate of drug-likeness (QED) is 0.784. The second kappa shape index (κ2) is 5.69. The van der Waals surface area contributed by atoms with Gasteiger partial charge in [-0.3, -0.25) is 14.4 Å². The fourth-order valence-corrected chi connectivity index (χ4v) is 2.23. The second-order valence-electron chi connectivity index (χ2n) is 4.52. The number of amides is 1. The molecule has 0 spiro atoms. The molecule has 1 amide bonds. The Morgan fingerprint density at radius 2 is 2.00 bits per heavy atom. The van der Waals surface area contributed by atoms with Gasteiger partial charge >= 0.3 is 5.97 Å². The number of nitrogens with zero attached hydrogens (tertiary/aromatic N) is 1. The number of H-pyrrole nitrogens is 1. The Kier molecular flexibility index (Phi) is 3.99. The summed E-state index contributed by atoms with van der Waals surface area (Å²) in [5.74, 6) is -0.565. The van der Waals surface area contributed by atoms with Crippen molar-refractivity contribution in [3.63, 3.8) is 0 Å². The number of carbonyl (C=O) groups excluding carboxylic acids is 2. The third-order valence-corrected chi connectivity index (χ3v) is 3.32. The molecule has 0 aliphatic carbocycles. The Bertz CT molecular complexity index is 529. The second-order valence-corrected chi connectivity index (χ2v) is 4.52. The first-order chi connectivity index (χ1) is 9.11. The van der Waals surface area contributed by atoms with Crippen LogP contribution in [-0.4, -0.2) is 42.0 Å². The standard InChI is InChI=1S/C13H16N2O4/c1-19-13(18)9-5-7-15(8-6-9)12(17)10-3-2-4-11(16)14-10/h2-4,9H,5-8H2,1H3,(H,14,16). The highest BCUT2D eigenvalue weighted by molar-refractivity contribution is 5.92. The number of methoxy groups -OCH3 is 1. The maximum Gasteiger partial charge on any atom is 0.308 e. The molecule has 19 heavy (non-hydrogen) atoms. The van der Waals surface area contributed by atoms with Crippen LogP contribution in [-0.2, 0) is 9.53 Å². The molecule has 0 aromatic carbocycles. The number of piperidine rings is 1. The zero-order valence-electron chi connectivity index (χ0n) is 10.7. The number of aromatic amines is 1. The third-order valence-electron chi connectivity index (χ3n) is 3.32. The number of aromatic nitrogens is 1. The Labute approximate surface area is 110 Å². The summed E-state index contributed by atoms with van der Waals surface area (Å²) in [5.41, 5.74) is -0.0145. The van der Waals surface area contributed by atoms with Crippen molar-refractivity contribution in [2.75, 3.05) is 20.2 Å². The average Bonchev–Trinajstić information content (AvgIpc) is 2.46. The van der Waals surface area contributed by atoms with Gasteiger partial charge in [0.1, 0.15) is 5.69 Å². The van der Waals surface area contributed by atoms with E-state index in [1.807, 2.05) is 0 Å². The number of likely N-dealkylation sites (tertiary alicyclic amines) is 1. The van der Waals surface area contributed by atoms with Crippen molar-refractivity contribution in [1.29, 1.82) is 0 Å². The lowest BCUT2D eigenvalue weighted by Crippen LogP contribution is -2.41. The topological polar surface area (TPSA) is 79.5 Å². The zero-order chi connectivity index (χ0) is 13.8. The van der Waals surface area contributed by atoms with E-state index in [1.165, 1.54) is 13.2 Å². The zero-order valence-corrected chi connectivity index (χ0v) is 10.7. The Balaban J connectivity index is 2.00. The first kappa shape index (κ1) is 13.3. The van der Waals surface area contributed by atoms with Gasteiger partial charge < -0.3 is 14.6 Å². The van der Waals surface area contributed by atoms with Crippen LogP contribution in [0.4, 0.5) is 0 Å². The van der Waals surface area contributed by atoms with Crippen molar-refractivity contribution in [3.8, 4) is 0 Å². The van der Waals surface area contributed by atoms with Crippen molar-refractivity contribution < 1.29 is 14.3 Å². The number of hydrogen-bond acceptors (Lipinski definition) is 4. The lowest BCUT2D eigenvalue weighted by Gasteiger charge is -2.30. The molecule has 0 atom stereocenters. The lowest BCUT2D eigenvalue weighted by molar-refractivity contribution is -0.146. The predicted molar refractivity (Wildman–Crippen MR) is 67.7 cm³/mol. The molecule has 1 aromatic rings. The summed E-state index contributed by atoms with van der Waals surface area (Å²) in [5, 5.41) is 0. The highest BCUT2D eigenvalue weighted by atomic mass is 16.5. The molecule has 1 aliphatic rings. The van der Waals surface area contributed by atoms with Gasteiger partial charge in [0.15, 0.2) is 0 Å². The molecule has 0 radical (unpaired) electrons. The average molecular weight is 264 g/mol. The molecule has 1 saturated heterocycles. The monoisotopic (exact) mass is 264 g/mol. The Morgan fingerprint density at radius 1 is 1.32 bits per heavy atom. The Hall–Kier alpha value is -2.11. The SMILES string of the molecule is COC(=O)C1CCN(C(=O)c2cccc(=O)[nH]2)CC1. The Morgan fingerprint density at radius 3 is 2.58 bits per heavy atom. The molecular weight excluding hydrogens is 248 g/mol. The van der Waals surface area contributed by atoms with Crippen LogP contribution in [0.25, 0.3) is 0 Å². The summed E-state index contributed by atoms with van der Waals surface area (Å²) in [6.07, 6.45) is 1.19. The summed E-state index contributed by atoms with van der Waals surface area (Å²) in [4.78, 5) is 38.8. The van der Waals surface area contributed by atoms with Gasteiger partial charge in [0.2, 0.25) is 5.56 Å². The molecule has 1 N–H and O–H groups in total. The maximum absolute atomic E-state index is 12.1. The molecule has 6 nitrogen and oxygen atoms in total. The van der Waals surface area contributed by atoms with Gasteiger partial charge in [-0.1, -0.05) is 6.07 Å². The lowest BCUT2D eigenvalue weighted by atomic mass is 9.97. The largest absolute Gasteiger partial charge is 0.469 e. The van der Waals surface area contributed by atoms with E-state index in [2.05, 4.69) is 4.98 Å². The number of rotatable bonds is 2. The molecule has 0 unspecified atom stereocenters. The molecule has 6 heteroatoms. The summed E-state index contributed by atoms with van der Waals surface area (Å²) in [6, 6.07) is 4.49. The van der Waals surface area contributed by atoms with Crippen LogP contribution < -0.4 is 5.56 Å². The van der Waals surface area contributed by atoms with E-state index < -0.39 is 0 Å². The van der Waals surface area contributed by atoms with E-state index in [1.54, 1.807) is 17.0 Å². The number of nitrogens with one attached hydrogen (secondary N) is 1. The van der Waals surface area contributed by atoms with Gasteiger partial charge in [-0.15, -0.1) is 0 Å². The van der Waals surface area contributed by atoms with Crippen molar-refractivity contribution in [1.82, 2.24) is 9.88 Å². The van der Waals surface area contributed by atoms with Crippen LogP contribution in [0.2, 0.25) is 0 Å². The van der Waals surface area contributed by atoms with Gasteiger partial charge in [-0.2, -0.15) is 0 Å². The smallest absolute Gasteiger partial charge is 0.308 e. The van der Waals surface area contributed by atoms with E-state index >= 15 is 0 Å². The number of esters is 1. The van der Waals surface area contributed by atoms with E-state index in [4.69, 9.17) is 4.74 Å². The van der Waals surface area contributed by atoms with Gasteiger partial charge in [0.25, 0.3) is 5.91 Å². The van der Waals surface area contributed by atoms with Crippen LogP contribution in [0.5, 0.6) is 0 Å². The molecule has 1 fully saturated rings. The highest BCUT2D eigenvalue weighted by Crippen LogP contribution is 2.19. The van der Waals surface area contributed by atoms with Crippen LogP contribution in [0, 0.1) is 5.92 Å². The summed E-state index contributed by atoms with van der Waals surface area (Å²) in [6.45, 7) is 0.991. The summed E-state index contributed by atoms with van der Waals surface area (Å²) >= 11 is 0. The summed E-state index contributed by atoms with van der Waals surface area (Å²) < 4.78 is 4.70. The van der Waals surface area contributed by atoms with Crippen LogP contribution >= 0.6 is 0 Å². The third kappa shape index (κ3) is 3.01. The van der Waals surface area contributed by atoms with Gasteiger partial charge in [-0.05, 0) is 18.9 Å². The molecule has 1 aromatic heterocycles. The molecule has 0 bridgehead atoms. The molecule has 2 rings (SSSR count). The van der Waals surface area contributed by atoms with E-state index in [0.29, 0.717) is 25.9 Å². The first-order valence-corrected chi connectivity index (χ1v) is 6.18. The predicted octanol–water partition coefficient (Wildman–Crippen LogP) is 0.400. The maximum atomic E-state index is 12.1. The minimum absolute atomic E-state index is 0.135. The van der Waals surface area contributed by atoms with Crippen molar-refractivity contribution in [3.05, 3.63) is 34.2 Å². The fraction of sp³-hybridized carbons (Fsp3) is 0.462. The van der Waals surface area contributed by atoms with Crippen LogP contribution in [0.3, 0.4) is 0 Å². The minimum Gasteiger partial charge on any atom is -0.469 e. The van der Waals surface area contributed by atoms with Crippen LogP contribution in [0.15, 0.2) is 23.0 Å². The number of hydrogen-bond donors (Lipinski definition) is 1. The van der Waals surface area contributed by atoms with Gasteiger partial charge in [0, 0.05) is 19.2 Å². The van der Waals surface area contributed by atoms with Crippen molar-refractivity contribution in [2.45, 2.75) is 12.8 Å². The van der Waals surface area contributed by atoms with Crippen molar-refractivity contribution in [2.24, 2.45) is 5.92 Å². The first-order valence-electron chi connectivity index (χ1n) is 6.18. The normalized spacial score (nSPS) is 16.2. The molecule has 2 heterocycles.